The molecular weight excluding hydrogens is 236 g/mol. The Morgan fingerprint density at radius 1 is 1.24 bits per heavy atom. The number of primary amides is 1. The van der Waals surface area contributed by atoms with Crippen molar-refractivity contribution >= 4 is 23.0 Å². The van der Waals surface area contributed by atoms with Crippen LogP contribution in [0.15, 0.2) is 30.3 Å². The molecule has 2 aromatic rings. The molecule has 0 atom stereocenters. The van der Waals surface area contributed by atoms with Gasteiger partial charge in [0.05, 0.1) is 5.69 Å². The van der Waals surface area contributed by atoms with E-state index in [1.54, 1.807) is 31.2 Å². The minimum atomic E-state index is -0.549. The molecule has 1 aromatic heterocycles. The Kier molecular flexibility index (Phi) is 3.01. The van der Waals surface area contributed by atoms with Gasteiger partial charge in [0.2, 0.25) is 5.78 Å². The summed E-state index contributed by atoms with van der Waals surface area (Å²) in [6, 6.07) is 8.82. The predicted octanol–water partition coefficient (Wildman–Crippen LogP) is 1.78. The SMILES string of the molecule is Cc1nc(C(=O)c2ccccc2)sc1C(N)=O. The highest BCUT2D eigenvalue weighted by Gasteiger charge is 2.18. The number of ketones is 1. The van der Waals surface area contributed by atoms with Gasteiger partial charge in [-0.15, -0.1) is 11.3 Å². The molecule has 1 heterocycles. The van der Waals surface area contributed by atoms with E-state index in [9.17, 15) is 9.59 Å². The third kappa shape index (κ3) is 2.24. The lowest BCUT2D eigenvalue weighted by molar-refractivity contribution is 0.100. The largest absolute Gasteiger partial charge is 0.365 e. The Balaban J connectivity index is 2.39. The number of aryl methyl sites for hydroxylation is 1. The molecule has 2 N–H and O–H groups in total. The number of benzene rings is 1. The van der Waals surface area contributed by atoms with Crippen molar-refractivity contribution in [2.24, 2.45) is 5.73 Å². The zero-order valence-corrected chi connectivity index (χ0v) is 9.95. The molecule has 0 unspecified atom stereocenters. The van der Waals surface area contributed by atoms with Crippen LogP contribution in [-0.4, -0.2) is 16.7 Å². The Labute approximate surface area is 102 Å². The van der Waals surface area contributed by atoms with Gasteiger partial charge < -0.3 is 5.73 Å². The summed E-state index contributed by atoms with van der Waals surface area (Å²) in [4.78, 5) is 27.5. The first-order chi connectivity index (χ1) is 8.09. The van der Waals surface area contributed by atoms with Crippen LogP contribution in [0.25, 0.3) is 0 Å². The van der Waals surface area contributed by atoms with Gasteiger partial charge in [-0.3, -0.25) is 9.59 Å². The van der Waals surface area contributed by atoms with Gasteiger partial charge in [-0.2, -0.15) is 0 Å². The normalized spacial score (nSPS) is 10.2. The summed E-state index contributed by atoms with van der Waals surface area (Å²) >= 11 is 1.04. The first-order valence-corrected chi connectivity index (χ1v) is 5.78. The Morgan fingerprint density at radius 3 is 2.41 bits per heavy atom. The van der Waals surface area contributed by atoms with E-state index >= 15 is 0 Å². The van der Waals surface area contributed by atoms with Crippen molar-refractivity contribution in [1.29, 1.82) is 0 Å². The molecule has 0 saturated carbocycles. The summed E-state index contributed by atoms with van der Waals surface area (Å²) in [5.41, 5.74) is 6.24. The fraction of sp³-hybridized carbons (Fsp3) is 0.0833. The number of amides is 1. The molecule has 0 aliphatic carbocycles. The molecule has 0 bridgehead atoms. The van der Waals surface area contributed by atoms with E-state index in [1.165, 1.54) is 0 Å². The van der Waals surface area contributed by atoms with Gasteiger partial charge in [-0.1, -0.05) is 30.3 Å². The Morgan fingerprint density at radius 2 is 1.88 bits per heavy atom. The van der Waals surface area contributed by atoms with Crippen LogP contribution in [0.5, 0.6) is 0 Å². The highest BCUT2D eigenvalue weighted by atomic mass is 32.1. The number of thiazole rings is 1. The number of carbonyl (C=O) groups is 2. The highest BCUT2D eigenvalue weighted by Crippen LogP contribution is 2.20. The Hall–Kier alpha value is -2.01. The van der Waals surface area contributed by atoms with Crippen molar-refractivity contribution in [3.8, 4) is 0 Å². The van der Waals surface area contributed by atoms with Gasteiger partial charge in [-0.25, -0.2) is 4.98 Å². The molecular formula is C12H10N2O2S. The lowest BCUT2D eigenvalue weighted by atomic mass is 10.1. The summed E-state index contributed by atoms with van der Waals surface area (Å²) in [6.45, 7) is 1.67. The van der Waals surface area contributed by atoms with Crippen molar-refractivity contribution in [2.75, 3.05) is 0 Å². The standard InChI is InChI=1S/C12H10N2O2S/c1-7-10(11(13)16)17-12(14-7)9(15)8-5-3-2-4-6-8/h2-6H,1H3,(H2,13,16). The molecule has 17 heavy (non-hydrogen) atoms. The second kappa shape index (κ2) is 4.47. The topological polar surface area (TPSA) is 73.1 Å². The van der Waals surface area contributed by atoms with E-state index in [1.807, 2.05) is 6.07 Å². The van der Waals surface area contributed by atoms with Gasteiger partial charge in [0.25, 0.3) is 5.91 Å². The van der Waals surface area contributed by atoms with Gasteiger partial charge in [0, 0.05) is 5.56 Å². The zero-order valence-electron chi connectivity index (χ0n) is 9.14. The van der Waals surface area contributed by atoms with E-state index in [4.69, 9.17) is 5.73 Å². The number of rotatable bonds is 3. The molecule has 5 heteroatoms. The summed E-state index contributed by atoms with van der Waals surface area (Å²) in [5, 5.41) is 0.294. The van der Waals surface area contributed by atoms with Crippen LogP contribution in [0, 0.1) is 6.92 Å². The molecule has 4 nitrogen and oxygen atoms in total. The number of hydrogen-bond donors (Lipinski definition) is 1. The maximum atomic E-state index is 12.0. The van der Waals surface area contributed by atoms with Crippen molar-refractivity contribution in [2.45, 2.75) is 6.92 Å². The van der Waals surface area contributed by atoms with Gasteiger partial charge >= 0.3 is 0 Å². The molecule has 1 amide bonds. The third-order valence-corrected chi connectivity index (χ3v) is 3.42. The van der Waals surface area contributed by atoms with Crippen LogP contribution in [0.4, 0.5) is 0 Å². The van der Waals surface area contributed by atoms with Crippen LogP contribution in [0.1, 0.15) is 30.7 Å². The second-order valence-electron chi connectivity index (χ2n) is 3.49. The molecule has 0 spiro atoms. The summed E-state index contributed by atoms with van der Waals surface area (Å²) in [7, 11) is 0. The third-order valence-electron chi connectivity index (χ3n) is 2.25. The minimum absolute atomic E-state index is 0.189. The highest BCUT2D eigenvalue weighted by molar-refractivity contribution is 7.15. The lowest BCUT2D eigenvalue weighted by Crippen LogP contribution is -2.10. The van der Waals surface area contributed by atoms with E-state index in [2.05, 4.69) is 4.98 Å². The number of carbonyl (C=O) groups excluding carboxylic acids is 2. The van der Waals surface area contributed by atoms with Crippen molar-refractivity contribution in [3.63, 3.8) is 0 Å². The molecule has 2 rings (SSSR count). The number of aromatic nitrogens is 1. The van der Waals surface area contributed by atoms with E-state index in [0.717, 1.165) is 11.3 Å². The molecule has 0 saturated heterocycles. The summed E-state index contributed by atoms with van der Waals surface area (Å²) < 4.78 is 0. The average molecular weight is 246 g/mol. The first-order valence-electron chi connectivity index (χ1n) is 4.96. The number of nitrogens with two attached hydrogens (primary N) is 1. The minimum Gasteiger partial charge on any atom is -0.365 e. The number of hydrogen-bond acceptors (Lipinski definition) is 4. The molecule has 86 valence electrons. The van der Waals surface area contributed by atoms with E-state index in [-0.39, 0.29) is 5.78 Å². The Bertz CT molecular complexity index is 575. The first kappa shape index (κ1) is 11.5. The van der Waals surface area contributed by atoms with Gasteiger partial charge in [0.1, 0.15) is 4.88 Å². The van der Waals surface area contributed by atoms with Crippen molar-refractivity contribution < 1.29 is 9.59 Å². The fourth-order valence-electron chi connectivity index (χ4n) is 1.44. The van der Waals surface area contributed by atoms with Crippen LogP contribution in [-0.2, 0) is 0 Å². The van der Waals surface area contributed by atoms with Crippen molar-refractivity contribution in [1.82, 2.24) is 4.98 Å². The lowest BCUT2D eigenvalue weighted by Gasteiger charge is -1.94. The maximum Gasteiger partial charge on any atom is 0.260 e. The predicted molar refractivity (Wildman–Crippen MR) is 65.2 cm³/mol. The molecule has 0 fully saturated rings. The molecule has 1 aromatic carbocycles. The van der Waals surface area contributed by atoms with Crippen LogP contribution in [0.2, 0.25) is 0 Å². The smallest absolute Gasteiger partial charge is 0.260 e. The quantitative estimate of drug-likeness (QED) is 0.839. The van der Waals surface area contributed by atoms with Crippen molar-refractivity contribution in [3.05, 3.63) is 51.5 Å². The number of nitrogens with zero attached hydrogens (tertiary/aromatic N) is 1. The summed E-state index contributed by atoms with van der Waals surface area (Å²) in [5.74, 6) is -0.738. The summed E-state index contributed by atoms with van der Waals surface area (Å²) in [6.07, 6.45) is 0. The van der Waals surface area contributed by atoms with Crippen LogP contribution >= 0.6 is 11.3 Å². The average Bonchev–Trinajstić information content (AvgIpc) is 2.71. The van der Waals surface area contributed by atoms with Gasteiger partial charge in [-0.05, 0) is 6.92 Å². The fourth-order valence-corrected chi connectivity index (χ4v) is 2.32. The second-order valence-corrected chi connectivity index (χ2v) is 4.49. The van der Waals surface area contributed by atoms with Crippen LogP contribution in [0.3, 0.4) is 0 Å². The monoisotopic (exact) mass is 246 g/mol. The molecule has 0 aliphatic rings. The zero-order chi connectivity index (χ0) is 12.4. The van der Waals surface area contributed by atoms with Crippen LogP contribution < -0.4 is 5.73 Å². The maximum absolute atomic E-state index is 12.0. The molecule has 0 radical (unpaired) electrons. The van der Waals surface area contributed by atoms with E-state index < -0.39 is 5.91 Å². The van der Waals surface area contributed by atoms with E-state index in [0.29, 0.717) is 21.1 Å². The molecule has 0 aliphatic heterocycles. The van der Waals surface area contributed by atoms with Gasteiger partial charge in [0.15, 0.2) is 5.01 Å².